The zero-order valence-corrected chi connectivity index (χ0v) is 17.1. The summed E-state index contributed by atoms with van der Waals surface area (Å²) in [6.45, 7) is 1.40. The molecule has 4 aromatic rings. The molecule has 0 fully saturated rings. The number of nitrogens with one attached hydrogen (secondary N) is 1. The summed E-state index contributed by atoms with van der Waals surface area (Å²) < 4.78 is 8.24. The summed E-state index contributed by atoms with van der Waals surface area (Å²) in [5, 5.41) is 4.51. The third-order valence-corrected chi connectivity index (χ3v) is 6.50. The van der Waals surface area contributed by atoms with Crippen LogP contribution in [0.25, 0.3) is 21.8 Å². The fraction of sp³-hybridized carbons (Fsp3) is 0.231. The van der Waals surface area contributed by atoms with Crippen molar-refractivity contribution >= 4 is 33.6 Å². The molecule has 5 heteroatoms. The van der Waals surface area contributed by atoms with Gasteiger partial charge >= 0.3 is 0 Å². The van der Waals surface area contributed by atoms with E-state index in [1.807, 2.05) is 42.5 Å². The molecule has 0 spiro atoms. The highest BCUT2D eigenvalue weighted by molar-refractivity contribution is 6.31. The van der Waals surface area contributed by atoms with E-state index in [0.29, 0.717) is 17.7 Å². The second-order valence-corrected chi connectivity index (χ2v) is 8.25. The minimum Gasteiger partial charge on any atom is -0.494 e. The molecule has 0 bridgehead atoms. The monoisotopic (exact) mass is 410 g/mol. The number of carbonyl (C=O) groups is 2. The standard InChI is InChI=1S/C26H22N2O3/c29-25-22-17-11-6-12-18(17)24-21(23(22)26(30)27-25)19-10-4-5-13-20(19)28(24)14-7-15-31-16-8-2-1-3-9-16/h1-5,8-10,13H,6-7,11-12,14-15H2,(H,27,29,30). The maximum atomic E-state index is 12.8. The van der Waals surface area contributed by atoms with E-state index in [2.05, 4.69) is 22.0 Å². The molecule has 0 radical (unpaired) electrons. The zero-order chi connectivity index (χ0) is 20.9. The summed E-state index contributed by atoms with van der Waals surface area (Å²) in [5.41, 5.74) is 5.70. The van der Waals surface area contributed by atoms with E-state index in [0.717, 1.165) is 65.3 Å². The Bertz CT molecular complexity index is 1370. The van der Waals surface area contributed by atoms with Crippen LogP contribution in [0.2, 0.25) is 0 Å². The van der Waals surface area contributed by atoms with Gasteiger partial charge in [-0.25, -0.2) is 0 Å². The lowest BCUT2D eigenvalue weighted by molar-refractivity contribution is 0.0880. The SMILES string of the molecule is O=C1NC(=O)c2c1c1c(c3c2c2ccccc2n3CCCOc2ccccc2)CCC1. The number of rotatable bonds is 5. The highest BCUT2D eigenvalue weighted by Gasteiger charge is 2.37. The van der Waals surface area contributed by atoms with Crippen LogP contribution in [-0.2, 0) is 19.4 Å². The number of fused-ring (bicyclic) bond motifs is 8. The average Bonchev–Trinajstić information content (AvgIpc) is 3.46. The first-order valence-corrected chi connectivity index (χ1v) is 10.9. The number of para-hydroxylation sites is 2. The first-order valence-electron chi connectivity index (χ1n) is 10.9. The molecule has 5 nitrogen and oxygen atoms in total. The number of hydrogen-bond donors (Lipinski definition) is 1. The van der Waals surface area contributed by atoms with Crippen molar-refractivity contribution in [3.8, 4) is 5.75 Å². The molecule has 1 N–H and O–H groups in total. The van der Waals surface area contributed by atoms with Gasteiger partial charge in [-0.1, -0.05) is 36.4 Å². The molecule has 0 atom stereocenters. The lowest BCUT2D eigenvalue weighted by Crippen LogP contribution is -2.20. The lowest BCUT2D eigenvalue weighted by Gasteiger charge is -2.13. The quantitative estimate of drug-likeness (QED) is 0.385. The fourth-order valence-electron chi connectivity index (χ4n) is 5.29. The lowest BCUT2D eigenvalue weighted by atomic mass is 9.93. The third-order valence-electron chi connectivity index (χ3n) is 6.50. The highest BCUT2D eigenvalue weighted by Crippen LogP contribution is 2.42. The van der Waals surface area contributed by atoms with Crippen molar-refractivity contribution in [2.24, 2.45) is 0 Å². The number of imide groups is 1. The molecule has 0 saturated carbocycles. The average molecular weight is 410 g/mol. The first kappa shape index (κ1) is 18.2. The second kappa shape index (κ2) is 6.98. The summed E-state index contributed by atoms with van der Waals surface area (Å²) in [4.78, 5) is 25.4. The number of benzene rings is 3. The molecule has 2 heterocycles. The minimum absolute atomic E-state index is 0.242. The summed E-state index contributed by atoms with van der Waals surface area (Å²) in [5.74, 6) is 0.363. The van der Waals surface area contributed by atoms with Crippen molar-refractivity contribution in [1.29, 1.82) is 0 Å². The summed E-state index contributed by atoms with van der Waals surface area (Å²) in [7, 11) is 0. The van der Waals surface area contributed by atoms with E-state index in [1.165, 1.54) is 5.56 Å². The Morgan fingerprint density at radius 2 is 1.61 bits per heavy atom. The van der Waals surface area contributed by atoms with Crippen LogP contribution in [0.3, 0.4) is 0 Å². The molecule has 2 amide bonds. The van der Waals surface area contributed by atoms with E-state index >= 15 is 0 Å². The molecule has 0 saturated heterocycles. The van der Waals surface area contributed by atoms with E-state index in [1.54, 1.807) is 0 Å². The second-order valence-electron chi connectivity index (χ2n) is 8.25. The van der Waals surface area contributed by atoms with Crippen LogP contribution in [0.15, 0.2) is 54.6 Å². The van der Waals surface area contributed by atoms with Crippen LogP contribution in [-0.4, -0.2) is 23.0 Å². The summed E-state index contributed by atoms with van der Waals surface area (Å²) in [6, 6.07) is 18.0. The Morgan fingerprint density at radius 3 is 2.48 bits per heavy atom. The molecule has 1 aromatic heterocycles. The smallest absolute Gasteiger partial charge is 0.259 e. The predicted octanol–water partition coefficient (Wildman–Crippen LogP) is 4.64. The van der Waals surface area contributed by atoms with Gasteiger partial charge in [-0.05, 0) is 55.0 Å². The van der Waals surface area contributed by atoms with Crippen LogP contribution in [0, 0.1) is 0 Å². The largest absolute Gasteiger partial charge is 0.494 e. The van der Waals surface area contributed by atoms with Gasteiger partial charge in [-0.15, -0.1) is 0 Å². The number of nitrogens with zero attached hydrogens (tertiary/aromatic N) is 1. The van der Waals surface area contributed by atoms with Crippen molar-refractivity contribution in [1.82, 2.24) is 9.88 Å². The van der Waals surface area contributed by atoms with Crippen LogP contribution in [0.4, 0.5) is 0 Å². The number of aromatic nitrogens is 1. The molecule has 0 unspecified atom stereocenters. The number of aryl methyl sites for hydroxylation is 2. The van der Waals surface area contributed by atoms with E-state index in [4.69, 9.17) is 4.74 Å². The van der Waals surface area contributed by atoms with E-state index < -0.39 is 0 Å². The highest BCUT2D eigenvalue weighted by atomic mass is 16.5. The Balaban J connectivity index is 1.48. The van der Waals surface area contributed by atoms with Gasteiger partial charge in [0.25, 0.3) is 11.8 Å². The van der Waals surface area contributed by atoms with E-state index in [-0.39, 0.29) is 11.8 Å². The van der Waals surface area contributed by atoms with Crippen molar-refractivity contribution in [3.05, 3.63) is 76.9 Å². The minimum atomic E-state index is -0.269. The van der Waals surface area contributed by atoms with Crippen LogP contribution in [0.1, 0.15) is 44.7 Å². The molecule has 6 rings (SSSR count). The Labute approximate surface area is 179 Å². The Morgan fingerprint density at radius 1 is 0.871 bits per heavy atom. The number of hydrogen-bond acceptors (Lipinski definition) is 3. The van der Waals surface area contributed by atoms with Gasteiger partial charge in [0.2, 0.25) is 0 Å². The van der Waals surface area contributed by atoms with Crippen molar-refractivity contribution in [2.75, 3.05) is 6.61 Å². The van der Waals surface area contributed by atoms with Crippen LogP contribution in [0.5, 0.6) is 5.75 Å². The van der Waals surface area contributed by atoms with Gasteiger partial charge in [0.1, 0.15) is 5.75 Å². The number of ether oxygens (including phenoxy) is 1. The Hall–Kier alpha value is -3.60. The Kier molecular flexibility index (Phi) is 4.10. The van der Waals surface area contributed by atoms with Gasteiger partial charge in [-0.3, -0.25) is 14.9 Å². The van der Waals surface area contributed by atoms with Gasteiger partial charge in [0, 0.05) is 22.8 Å². The first-order chi connectivity index (χ1) is 15.2. The van der Waals surface area contributed by atoms with Crippen LogP contribution < -0.4 is 10.1 Å². The third kappa shape index (κ3) is 2.69. The van der Waals surface area contributed by atoms with Crippen molar-refractivity contribution < 1.29 is 14.3 Å². The molecule has 1 aliphatic carbocycles. The maximum Gasteiger partial charge on any atom is 0.259 e. The normalized spacial score (nSPS) is 14.8. The molecular weight excluding hydrogens is 388 g/mol. The zero-order valence-electron chi connectivity index (χ0n) is 17.1. The molecule has 31 heavy (non-hydrogen) atoms. The topological polar surface area (TPSA) is 60.3 Å². The maximum absolute atomic E-state index is 12.8. The van der Waals surface area contributed by atoms with Crippen molar-refractivity contribution in [3.63, 3.8) is 0 Å². The number of carbonyl (C=O) groups excluding carboxylic acids is 2. The van der Waals surface area contributed by atoms with Gasteiger partial charge in [-0.2, -0.15) is 0 Å². The molecule has 1 aliphatic heterocycles. The van der Waals surface area contributed by atoms with Crippen molar-refractivity contribution in [2.45, 2.75) is 32.2 Å². The summed E-state index contributed by atoms with van der Waals surface area (Å²) >= 11 is 0. The molecule has 2 aliphatic rings. The van der Waals surface area contributed by atoms with E-state index in [9.17, 15) is 9.59 Å². The van der Waals surface area contributed by atoms with Gasteiger partial charge in [0.15, 0.2) is 0 Å². The predicted molar refractivity (Wildman–Crippen MR) is 120 cm³/mol. The molecule has 3 aromatic carbocycles. The van der Waals surface area contributed by atoms with Gasteiger partial charge in [0.05, 0.1) is 23.3 Å². The van der Waals surface area contributed by atoms with Crippen LogP contribution >= 0.6 is 0 Å². The fourth-order valence-corrected chi connectivity index (χ4v) is 5.29. The number of amides is 2. The van der Waals surface area contributed by atoms with Gasteiger partial charge < -0.3 is 9.30 Å². The molecule has 154 valence electrons. The molecular formula is C26H22N2O3. The summed E-state index contributed by atoms with van der Waals surface area (Å²) in [6.07, 6.45) is 3.66.